The zero-order chi connectivity index (χ0) is 14.4. The lowest BCUT2D eigenvalue weighted by Gasteiger charge is -2.20. The van der Waals surface area contributed by atoms with Gasteiger partial charge in [0.25, 0.3) is 5.91 Å². The Hall–Kier alpha value is -1.55. The number of hydrogen-bond donors (Lipinski definition) is 1. The molecule has 0 bridgehead atoms. The van der Waals surface area contributed by atoms with Gasteiger partial charge in [-0.2, -0.15) is 0 Å². The van der Waals surface area contributed by atoms with E-state index in [1.807, 2.05) is 45.9 Å². The Balaban J connectivity index is 2.75. The van der Waals surface area contributed by atoms with Gasteiger partial charge in [0.1, 0.15) is 5.75 Å². The summed E-state index contributed by atoms with van der Waals surface area (Å²) in [4.78, 5) is 13.6. The van der Waals surface area contributed by atoms with Crippen molar-refractivity contribution in [3.63, 3.8) is 0 Å². The van der Waals surface area contributed by atoms with Crippen molar-refractivity contribution in [3.8, 4) is 5.75 Å². The van der Waals surface area contributed by atoms with Crippen molar-refractivity contribution in [3.05, 3.63) is 29.3 Å². The van der Waals surface area contributed by atoms with Crippen molar-refractivity contribution < 1.29 is 9.53 Å². The third kappa shape index (κ3) is 4.24. The lowest BCUT2D eigenvalue weighted by atomic mass is 10.1. The number of aryl methyl sites for hydroxylation is 1. The van der Waals surface area contributed by atoms with E-state index < -0.39 is 0 Å². The summed E-state index contributed by atoms with van der Waals surface area (Å²) in [5, 5.41) is 0. The van der Waals surface area contributed by atoms with Gasteiger partial charge < -0.3 is 15.4 Å². The lowest BCUT2D eigenvalue weighted by molar-refractivity contribution is -0.132. The highest BCUT2D eigenvalue weighted by Crippen LogP contribution is 2.25. The summed E-state index contributed by atoms with van der Waals surface area (Å²) in [6.07, 6.45) is 0. The molecule has 0 radical (unpaired) electrons. The quantitative estimate of drug-likeness (QED) is 0.857. The zero-order valence-electron chi connectivity index (χ0n) is 12.3. The van der Waals surface area contributed by atoms with Crippen LogP contribution in [0.1, 0.15) is 37.9 Å². The summed E-state index contributed by atoms with van der Waals surface area (Å²) in [7, 11) is 0. The van der Waals surface area contributed by atoms with Gasteiger partial charge in [0, 0.05) is 24.7 Å². The molecule has 0 aliphatic rings. The average molecular weight is 264 g/mol. The zero-order valence-corrected chi connectivity index (χ0v) is 12.3. The van der Waals surface area contributed by atoms with E-state index >= 15 is 0 Å². The van der Waals surface area contributed by atoms with E-state index in [4.69, 9.17) is 10.5 Å². The number of carbonyl (C=O) groups excluding carboxylic acids is 1. The molecule has 4 nitrogen and oxygen atoms in total. The molecule has 4 heteroatoms. The second-order valence-corrected chi connectivity index (χ2v) is 4.68. The third-order valence-corrected chi connectivity index (χ3v) is 3.12. The largest absolute Gasteiger partial charge is 0.483 e. The first-order valence-corrected chi connectivity index (χ1v) is 6.76. The van der Waals surface area contributed by atoms with Gasteiger partial charge in [-0.1, -0.05) is 17.7 Å². The summed E-state index contributed by atoms with van der Waals surface area (Å²) < 4.78 is 5.63. The SMILES string of the molecule is CCN(CC)C(=O)COc1ccc(C)cc1C(C)N. The molecule has 1 atom stereocenters. The number of benzene rings is 1. The average Bonchev–Trinajstić information content (AvgIpc) is 2.38. The first-order valence-electron chi connectivity index (χ1n) is 6.76. The van der Waals surface area contributed by atoms with Gasteiger partial charge in [-0.15, -0.1) is 0 Å². The molecule has 19 heavy (non-hydrogen) atoms. The Kier molecular flexibility index (Phi) is 5.83. The van der Waals surface area contributed by atoms with Crippen molar-refractivity contribution in [1.29, 1.82) is 0 Å². The molecule has 0 fully saturated rings. The van der Waals surface area contributed by atoms with Crippen LogP contribution in [0, 0.1) is 6.92 Å². The molecular formula is C15H24N2O2. The first-order chi connectivity index (χ1) is 8.99. The van der Waals surface area contributed by atoms with Crippen LogP contribution < -0.4 is 10.5 Å². The Morgan fingerprint density at radius 2 is 2.00 bits per heavy atom. The highest BCUT2D eigenvalue weighted by Gasteiger charge is 2.13. The van der Waals surface area contributed by atoms with Crippen LogP contribution in [-0.4, -0.2) is 30.5 Å². The van der Waals surface area contributed by atoms with Crippen LogP contribution in [0.5, 0.6) is 5.75 Å². The Labute approximate surface area is 115 Å². The summed E-state index contributed by atoms with van der Waals surface area (Å²) in [5.41, 5.74) is 8.00. The third-order valence-electron chi connectivity index (χ3n) is 3.12. The van der Waals surface area contributed by atoms with Crippen LogP contribution >= 0.6 is 0 Å². The molecule has 1 rings (SSSR count). The molecule has 0 aliphatic carbocycles. The van der Waals surface area contributed by atoms with Gasteiger partial charge in [0.05, 0.1) is 0 Å². The maximum Gasteiger partial charge on any atom is 0.260 e. The predicted octanol–water partition coefficient (Wildman–Crippen LogP) is 2.26. The van der Waals surface area contributed by atoms with Crippen molar-refractivity contribution in [1.82, 2.24) is 4.90 Å². The molecule has 106 valence electrons. The van der Waals surface area contributed by atoms with Gasteiger partial charge in [0.2, 0.25) is 0 Å². The van der Waals surface area contributed by atoms with Crippen molar-refractivity contribution in [2.24, 2.45) is 5.73 Å². The smallest absolute Gasteiger partial charge is 0.260 e. The van der Waals surface area contributed by atoms with Gasteiger partial charge >= 0.3 is 0 Å². The molecule has 0 aromatic heterocycles. The minimum absolute atomic E-state index is 0.00111. The van der Waals surface area contributed by atoms with E-state index in [0.717, 1.165) is 11.1 Å². The predicted molar refractivity (Wildman–Crippen MR) is 77.2 cm³/mol. The topological polar surface area (TPSA) is 55.6 Å². The Morgan fingerprint density at radius 1 is 1.37 bits per heavy atom. The molecule has 0 spiro atoms. The molecule has 2 N–H and O–H groups in total. The molecule has 0 aliphatic heterocycles. The fraction of sp³-hybridized carbons (Fsp3) is 0.533. The standard InChI is InChI=1S/C15H24N2O2/c1-5-17(6-2)15(18)10-19-14-8-7-11(3)9-13(14)12(4)16/h7-9,12H,5-6,10,16H2,1-4H3. The number of nitrogens with two attached hydrogens (primary N) is 1. The molecular weight excluding hydrogens is 240 g/mol. The summed E-state index contributed by atoms with van der Waals surface area (Å²) in [6, 6.07) is 5.73. The van der Waals surface area contributed by atoms with Crippen LogP contribution in [0.25, 0.3) is 0 Å². The molecule has 0 saturated carbocycles. The highest BCUT2D eigenvalue weighted by atomic mass is 16.5. The van der Waals surface area contributed by atoms with Gasteiger partial charge in [-0.05, 0) is 33.8 Å². The highest BCUT2D eigenvalue weighted by molar-refractivity contribution is 5.77. The van der Waals surface area contributed by atoms with E-state index in [2.05, 4.69) is 0 Å². The normalized spacial score (nSPS) is 12.1. The van der Waals surface area contributed by atoms with E-state index in [9.17, 15) is 4.79 Å². The van der Waals surface area contributed by atoms with Gasteiger partial charge in [0.15, 0.2) is 6.61 Å². The van der Waals surface area contributed by atoms with Crippen molar-refractivity contribution in [2.75, 3.05) is 19.7 Å². The van der Waals surface area contributed by atoms with E-state index in [1.54, 1.807) is 4.90 Å². The second kappa shape index (κ2) is 7.14. The van der Waals surface area contributed by atoms with Crippen LogP contribution in [-0.2, 0) is 4.79 Å². The van der Waals surface area contributed by atoms with E-state index in [0.29, 0.717) is 18.8 Å². The fourth-order valence-electron chi connectivity index (χ4n) is 1.96. The van der Waals surface area contributed by atoms with Gasteiger partial charge in [-0.25, -0.2) is 0 Å². The second-order valence-electron chi connectivity index (χ2n) is 4.68. The summed E-state index contributed by atoms with van der Waals surface area (Å²) in [6.45, 7) is 9.30. The maximum atomic E-state index is 11.9. The Bertz CT molecular complexity index is 426. The van der Waals surface area contributed by atoms with Crippen LogP contribution in [0.2, 0.25) is 0 Å². The molecule has 1 aromatic rings. The molecule has 0 heterocycles. The number of rotatable bonds is 6. The van der Waals surface area contributed by atoms with Crippen LogP contribution in [0.4, 0.5) is 0 Å². The molecule has 0 saturated heterocycles. The van der Waals surface area contributed by atoms with Crippen molar-refractivity contribution in [2.45, 2.75) is 33.7 Å². The molecule has 1 aromatic carbocycles. The van der Waals surface area contributed by atoms with Gasteiger partial charge in [-0.3, -0.25) is 4.79 Å². The first kappa shape index (κ1) is 15.5. The summed E-state index contributed by atoms with van der Waals surface area (Å²) >= 11 is 0. The molecule has 1 amide bonds. The number of ether oxygens (including phenoxy) is 1. The number of amides is 1. The minimum atomic E-state index is -0.113. The summed E-state index contributed by atoms with van der Waals surface area (Å²) in [5.74, 6) is 0.697. The van der Waals surface area contributed by atoms with Crippen LogP contribution in [0.15, 0.2) is 18.2 Å². The number of hydrogen-bond acceptors (Lipinski definition) is 3. The lowest BCUT2D eigenvalue weighted by Crippen LogP contribution is -2.34. The maximum absolute atomic E-state index is 11.9. The number of likely N-dealkylation sites (N-methyl/N-ethyl adjacent to an activating group) is 1. The number of carbonyl (C=O) groups is 1. The minimum Gasteiger partial charge on any atom is -0.483 e. The van der Waals surface area contributed by atoms with Crippen LogP contribution in [0.3, 0.4) is 0 Å². The van der Waals surface area contributed by atoms with Crippen molar-refractivity contribution >= 4 is 5.91 Å². The molecule has 1 unspecified atom stereocenters. The van der Waals surface area contributed by atoms with E-state index in [1.165, 1.54) is 0 Å². The monoisotopic (exact) mass is 264 g/mol. The number of nitrogens with zero attached hydrogens (tertiary/aromatic N) is 1. The fourth-order valence-corrected chi connectivity index (χ4v) is 1.96. The van der Waals surface area contributed by atoms with E-state index in [-0.39, 0.29) is 18.6 Å². The Morgan fingerprint density at radius 3 is 2.53 bits per heavy atom.